The average Bonchev–Trinajstić information content (AvgIpc) is 3.48. The molecule has 2 aliphatic rings. The molecule has 2 aliphatic heterocycles. The van der Waals surface area contributed by atoms with Crippen LogP contribution in [0, 0.1) is 0 Å². The number of amides is 1. The summed E-state index contributed by atoms with van der Waals surface area (Å²) in [6.45, 7) is 4.10. The number of hydrogen-bond acceptors (Lipinski definition) is 8. The van der Waals surface area contributed by atoms with Crippen molar-refractivity contribution in [3.05, 3.63) is 54.1 Å². The second-order valence-electron chi connectivity index (χ2n) is 7.45. The zero-order valence-electron chi connectivity index (χ0n) is 17.0. The number of benzene rings is 2. The zero-order chi connectivity index (χ0) is 21.0. The minimum Gasteiger partial charge on any atom is -0.454 e. The summed E-state index contributed by atoms with van der Waals surface area (Å²) in [6.07, 6.45) is 0. The van der Waals surface area contributed by atoms with E-state index < -0.39 is 0 Å². The number of piperazine rings is 1. The van der Waals surface area contributed by atoms with E-state index in [0.29, 0.717) is 13.1 Å². The lowest BCUT2D eigenvalue weighted by atomic mass is 10.2. The van der Waals surface area contributed by atoms with Crippen molar-refractivity contribution in [3.8, 4) is 17.2 Å². The first-order chi connectivity index (χ1) is 15.3. The Balaban J connectivity index is 1.11. The van der Waals surface area contributed by atoms with Crippen LogP contribution in [0.5, 0.6) is 11.5 Å². The maximum Gasteiger partial charge on any atom is 0.250 e. The topological polar surface area (TPSA) is 97.6 Å². The van der Waals surface area contributed by atoms with Crippen LogP contribution >= 0.6 is 0 Å². The highest BCUT2D eigenvalue weighted by Crippen LogP contribution is 2.32. The average molecular weight is 421 g/mol. The van der Waals surface area contributed by atoms with Crippen LogP contribution < -0.4 is 19.7 Å². The SMILES string of the molecule is O=C(CN1CCN(c2nnnn2-c2ccccc2)CC1)NCc1ccc2c(c1)OCO2. The molecule has 160 valence electrons. The van der Waals surface area contributed by atoms with Crippen molar-refractivity contribution >= 4 is 11.9 Å². The molecular weight excluding hydrogens is 398 g/mol. The second-order valence-corrected chi connectivity index (χ2v) is 7.45. The van der Waals surface area contributed by atoms with Crippen molar-refractivity contribution in [1.29, 1.82) is 0 Å². The van der Waals surface area contributed by atoms with Crippen molar-refractivity contribution in [2.24, 2.45) is 0 Å². The molecule has 0 spiro atoms. The number of rotatable bonds is 6. The summed E-state index contributed by atoms with van der Waals surface area (Å²) in [7, 11) is 0. The molecule has 10 heteroatoms. The second kappa shape index (κ2) is 8.60. The lowest BCUT2D eigenvalue weighted by molar-refractivity contribution is -0.122. The third kappa shape index (κ3) is 4.29. The van der Waals surface area contributed by atoms with Crippen LogP contribution in [-0.2, 0) is 11.3 Å². The van der Waals surface area contributed by atoms with Gasteiger partial charge in [0.15, 0.2) is 11.5 Å². The first-order valence-corrected chi connectivity index (χ1v) is 10.2. The third-order valence-corrected chi connectivity index (χ3v) is 5.40. The van der Waals surface area contributed by atoms with Gasteiger partial charge < -0.3 is 19.7 Å². The minimum absolute atomic E-state index is 0.000218. The highest BCUT2D eigenvalue weighted by Gasteiger charge is 2.23. The van der Waals surface area contributed by atoms with Crippen molar-refractivity contribution < 1.29 is 14.3 Å². The predicted octanol–water partition coefficient (Wildman–Crippen LogP) is 0.829. The Morgan fingerprint density at radius 2 is 1.81 bits per heavy atom. The molecule has 1 N–H and O–H groups in total. The smallest absolute Gasteiger partial charge is 0.250 e. The van der Waals surface area contributed by atoms with E-state index in [1.807, 2.05) is 48.5 Å². The summed E-state index contributed by atoms with van der Waals surface area (Å²) in [6, 6.07) is 15.5. The fourth-order valence-electron chi connectivity index (χ4n) is 3.73. The van der Waals surface area contributed by atoms with Crippen molar-refractivity contribution in [1.82, 2.24) is 30.4 Å². The van der Waals surface area contributed by atoms with Crippen LogP contribution in [0.2, 0.25) is 0 Å². The number of hydrogen-bond donors (Lipinski definition) is 1. The molecular formula is C21H23N7O3. The van der Waals surface area contributed by atoms with E-state index in [9.17, 15) is 4.79 Å². The molecule has 3 heterocycles. The van der Waals surface area contributed by atoms with Gasteiger partial charge in [-0.05, 0) is 40.3 Å². The van der Waals surface area contributed by atoms with E-state index in [2.05, 4.69) is 30.6 Å². The Morgan fingerprint density at radius 1 is 1.00 bits per heavy atom. The summed E-state index contributed by atoms with van der Waals surface area (Å²) in [5, 5.41) is 15.1. The monoisotopic (exact) mass is 421 g/mol. The molecule has 3 aromatic rings. The molecule has 1 saturated heterocycles. The number of carbonyl (C=O) groups excluding carboxylic acids is 1. The number of para-hydroxylation sites is 1. The van der Waals surface area contributed by atoms with Crippen LogP contribution in [0.1, 0.15) is 5.56 Å². The summed E-state index contributed by atoms with van der Waals surface area (Å²) in [5.41, 5.74) is 1.91. The number of nitrogens with one attached hydrogen (secondary N) is 1. The van der Waals surface area contributed by atoms with Gasteiger partial charge in [-0.25, -0.2) is 0 Å². The fraction of sp³-hybridized carbons (Fsp3) is 0.333. The normalized spacial score (nSPS) is 15.8. The van der Waals surface area contributed by atoms with E-state index in [4.69, 9.17) is 9.47 Å². The largest absolute Gasteiger partial charge is 0.454 e. The van der Waals surface area contributed by atoms with E-state index in [1.54, 1.807) is 4.68 Å². The molecule has 0 bridgehead atoms. The molecule has 31 heavy (non-hydrogen) atoms. The molecule has 10 nitrogen and oxygen atoms in total. The van der Waals surface area contributed by atoms with Gasteiger partial charge in [-0.3, -0.25) is 9.69 Å². The summed E-state index contributed by atoms with van der Waals surface area (Å²) >= 11 is 0. The quantitative estimate of drug-likeness (QED) is 0.625. The van der Waals surface area contributed by atoms with Gasteiger partial charge in [0, 0.05) is 32.7 Å². The van der Waals surface area contributed by atoms with Gasteiger partial charge in [0.1, 0.15) is 0 Å². The van der Waals surface area contributed by atoms with Crippen LogP contribution in [0.15, 0.2) is 48.5 Å². The molecule has 2 aromatic carbocycles. The zero-order valence-corrected chi connectivity index (χ0v) is 17.0. The van der Waals surface area contributed by atoms with Gasteiger partial charge in [-0.1, -0.05) is 29.4 Å². The summed E-state index contributed by atoms with van der Waals surface area (Å²) in [4.78, 5) is 16.7. The van der Waals surface area contributed by atoms with Gasteiger partial charge in [-0.15, -0.1) is 0 Å². The number of aromatic nitrogens is 4. The summed E-state index contributed by atoms with van der Waals surface area (Å²) < 4.78 is 12.4. The maximum absolute atomic E-state index is 12.4. The van der Waals surface area contributed by atoms with Crippen LogP contribution in [0.3, 0.4) is 0 Å². The van der Waals surface area contributed by atoms with Crippen LogP contribution in [0.4, 0.5) is 5.95 Å². The predicted molar refractivity (Wildman–Crippen MR) is 112 cm³/mol. The van der Waals surface area contributed by atoms with E-state index in [-0.39, 0.29) is 12.7 Å². The lowest BCUT2D eigenvalue weighted by Crippen LogP contribution is -2.50. The minimum atomic E-state index is 0.000218. The standard InChI is InChI=1S/C21H23N7O3/c29-20(22-13-16-6-7-18-19(12-16)31-15-30-18)14-26-8-10-27(11-9-26)21-23-24-25-28(21)17-4-2-1-3-5-17/h1-7,12H,8-11,13-15H2,(H,22,29). The molecule has 1 aromatic heterocycles. The first kappa shape index (κ1) is 19.3. The Labute approximate surface area is 179 Å². The molecule has 0 aliphatic carbocycles. The Kier molecular flexibility index (Phi) is 5.36. The van der Waals surface area contributed by atoms with E-state index in [1.165, 1.54) is 0 Å². The number of fused-ring (bicyclic) bond motifs is 1. The summed E-state index contributed by atoms with van der Waals surface area (Å²) in [5.74, 6) is 2.19. The molecule has 5 rings (SSSR count). The molecule has 0 unspecified atom stereocenters. The Hall–Kier alpha value is -3.66. The van der Waals surface area contributed by atoms with Gasteiger partial charge in [0.05, 0.1) is 12.2 Å². The molecule has 1 amide bonds. The maximum atomic E-state index is 12.4. The van der Waals surface area contributed by atoms with Crippen LogP contribution in [-0.4, -0.2) is 70.5 Å². The number of anilines is 1. The molecule has 0 atom stereocenters. The number of carbonyl (C=O) groups is 1. The van der Waals surface area contributed by atoms with Gasteiger partial charge in [-0.2, -0.15) is 4.68 Å². The Morgan fingerprint density at radius 3 is 2.65 bits per heavy atom. The Bertz CT molecular complexity index is 1050. The van der Waals surface area contributed by atoms with Gasteiger partial charge in [0.25, 0.3) is 0 Å². The number of nitrogens with zero attached hydrogens (tertiary/aromatic N) is 6. The van der Waals surface area contributed by atoms with E-state index in [0.717, 1.165) is 54.9 Å². The third-order valence-electron chi connectivity index (χ3n) is 5.40. The van der Waals surface area contributed by atoms with Crippen molar-refractivity contribution in [2.75, 3.05) is 44.4 Å². The van der Waals surface area contributed by atoms with Crippen LogP contribution in [0.25, 0.3) is 5.69 Å². The highest BCUT2D eigenvalue weighted by atomic mass is 16.7. The first-order valence-electron chi connectivity index (χ1n) is 10.2. The van der Waals surface area contributed by atoms with E-state index >= 15 is 0 Å². The van der Waals surface area contributed by atoms with Crippen molar-refractivity contribution in [2.45, 2.75) is 6.54 Å². The van der Waals surface area contributed by atoms with Gasteiger partial charge in [0.2, 0.25) is 18.6 Å². The molecule has 1 fully saturated rings. The van der Waals surface area contributed by atoms with Crippen molar-refractivity contribution in [3.63, 3.8) is 0 Å². The molecule has 0 radical (unpaired) electrons. The molecule has 0 saturated carbocycles. The van der Waals surface area contributed by atoms with Gasteiger partial charge >= 0.3 is 0 Å². The highest BCUT2D eigenvalue weighted by molar-refractivity contribution is 5.78. The lowest BCUT2D eigenvalue weighted by Gasteiger charge is -2.34. The number of tetrazole rings is 1. The number of ether oxygens (including phenoxy) is 2. The fourth-order valence-corrected chi connectivity index (χ4v) is 3.73.